The van der Waals surface area contributed by atoms with Crippen LogP contribution < -0.4 is 21.1 Å². The van der Waals surface area contributed by atoms with E-state index < -0.39 is 0 Å². The number of benzene rings is 3. The molecule has 0 saturated heterocycles. The molecule has 0 bridgehead atoms. The van der Waals surface area contributed by atoms with Crippen LogP contribution in [0.3, 0.4) is 0 Å². The Bertz CT molecular complexity index is 1140. The highest BCUT2D eigenvalue weighted by atomic mass is 32.1. The number of carbonyl (C=O) groups excluding carboxylic acids is 1. The molecule has 0 fully saturated rings. The van der Waals surface area contributed by atoms with E-state index in [1.165, 1.54) is 0 Å². The van der Waals surface area contributed by atoms with E-state index in [1.54, 1.807) is 42.7 Å². The average molecular weight is 390 g/mol. The van der Waals surface area contributed by atoms with Crippen LogP contribution in [0.25, 0.3) is 10.2 Å². The zero-order chi connectivity index (χ0) is 19.5. The third-order valence-electron chi connectivity index (χ3n) is 4.20. The number of nitrogen functional groups attached to an aromatic ring is 1. The van der Waals surface area contributed by atoms with Crippen molar-refractivity contribution in [2.75, 3.05) is 23.5 Å². The van der Waals surface area contributed by atoms with Gasteiger partial charge in [-0.05, 0) is 54.6 Å². The number of nitrogens with zero attached hydrogens (tertiary/aromatic N) is 1. The topological polar surface area (TPSA) is 89.3 Å². The van der Waals surface area contributed by atoms with Crippen molar-refractivity contribution in [1.82, 2.24) is 4.98 Å². The lowest BCUT2D eigenvalue weighted by atomic mass is 10.2. The van der Waals surface area contributed by atoms with Gasteiger partial charge in [-0.2, -0.15) is 0 Å². The van der Waals surface area contributed by atoms with Crippen LogP contribution in [0.2, 0.25) is 0 Å². The summed E-state index contributed by atoms with van der Waals surface area (Å²) in [6.07, 6.45) is 0. The van der Waals surface area contributed by atoms with Crippen molar-refractivity contribution < 1.29 is 9.53 Å². The highest BCUT2D eigenvalue weighted by molar-refractivity contribution is 7.22. The molecule has 0 atom stereocenters. The first-order chi connectivity index (χ1) is 13.6. The predicted molar refractivity (Wildman–Crippen MR) is 115 cm³/mol. The lowest BCUT2D eigenvalue weighted by molar-refractivity contribution is 0.102. The molecule has 1 aromatic heterocycles. The first-order valence-corrected chi connectivity index (χ1v) is 9.41. The fourth-order valence-corrected chi connectivity index (χ4v) is 3.63. The summed E-state index contributed by atoms with van der Waals surface area (Å²) in [7, 11) is 1.64. The molecule has 7 heteroatoms. The summed E-state index contributed by atoms with van der Waals surface area (Å²) < 4.78 is 6.29. The number of anilines is 4. The molecule has 0 aliphatic carbocycles. The van der Waals surface area contributed by atoms with E-state index in [-0.39, 0.29) is 5.91 Å². The molecule has 3 aromatic carbocycles. The Labute approximate surface area is 166 Å². The van der Waals surface area contributed by atoms with Crippen molar-refractivity contribution in [2.24, 2.45) is 0 Å². The third-order valence-corrected chi connectivity index (χ3v) is 5.14. The first-order valence-electron chi connectivity index (χ1n) is 8.60. The number of nitrogens with one attached hydrogen (secondary N) is 2. The van der Waals surface area contributed by atoms with Crippen molar-refractivity contribution >= 4 is 49.7 Å². The number of methoxy groups -OCH3 is 1. The summed E-state index contributed by atoms with van der Waals surface area (Å²) in [5.41, 5.74) is 9.30. The van der Waals surface area contributed by atoms with Crippen molar-refractivity contribution in [3.8, 4) is 5.75 Å². The van der Waals surface area contributed by atoms with Crippen molar-refractivity contribution in [3.63, 3.8) is 0 Å². The molecule has 140 valence electrons. The normalized spacial score (nSPS) is 10.6. The molecule has 0 spiro atoms. The Kier molecular flexibility index (Phi) is 4.82. The quantitative estimate of drug-likeness (QED) is 0.423. The fraction of sp³-hybridized carbons (Fsp3) is 0.0476. The van der Waals surface area contributed by atoms with E-state index in [0.717, 1.165) is 26.8 Å². The maximum atomic E-state index is 12.4. The number of aromatic nitrogens is 1. The number of para-hydroxylation sites is 2. The Morgan fingerprint density at radius 2 is 1.86 bits per heavy atom. The summed E-state index contributed by atoms with van der Waals surface area (Å²) in [6.45, 7) is 0. The molecule has 0 aliphatic rings. The number of hydrogen-bond acceptors (Lipinski definition) is 6. The molecule has 1 amide bonds. The highest BCUT2D eigenvalue weighted by Gasteiger charge is 2.09. The van der Waals surface area contributed by atoms with E-state index in [9.17, 15) is 4.79 Å². The van der Waals surface area contributed by atoms with Gasteiger partial charge in [-0.3, -0.25) is 4.79 Å². The van der Waals surface area contributed by atoms with E-state index in [0.29, 0.717) is 16.9 Å². The van der Waals surface area contributed by atoms with Crippen LogP contribution in [0.15, 0.2) is 66.7 Å². The molecule has 28 heavy (non-hydrogen) atoms. The number of fused-ring (bicyclic) bond motifs is 1. The average Bonchev–Trinajstić information content (AvgIpc) is 3.11. The monoisotopic (exact) mass is 390 g/mol. The smallest absolute Gasteiger partial charge is 0.255 e. The highest BCUT2D eigenvalue weighted by Crippen LogP contribution is 2.31. The molecule has 6 nitrogen and oxygen atoms in total. The maximum absolute atomic E-state index is 12.4. The van der Waals surface area contributed by atoms with Crippen LogP contribution in [-0.2, 0) is 0 Å². The fourth-order valence-electron chi connectivity index (χ4n) is 2.72. The van der Waals surface area contributed by atoms with Crippen LogP contribution in [0.1, 0.15) is 10.4 Å². The number of hydrogen-bond donors (Lipinski definition) is 3. The van der Waals surface area contributed by atoms with Gasteiger partial charge in [0, 0.05) is 11.3 Å². The Morgan fingerprint density at radius 3 is 2.61 bits per heavy atom. The van der Waals surface area contributed by atoms with Gasteiger partial charge in [-0.25, -0.2) is 4.98 Å². The van der Waals surface area contributed by atoms with Gasteiger partial charge in [0.25, 0.3) is 5.91 Å². The van der Waals surface area contributed by atoms with Crippen LogP contribution in [0.5, 0.6) is 5.75 Å². The first kappa shape index (κ1) is 17.8. The van der Waals surface area contributed by atoms with E-state index in [1.807, 2.05) is 42.5 Å². The summed E-state index contributed by atoms with van der Waals surface area (Å²) in [6, 6.07) is 20.1. The van der Waals surface area contributed by atoms with Crippen LogP contribution in [0.4, 0.5) is 22.2 Å². The minimum Gasteiger partial charge on any atom is -0.497 e. The third kappa shape index (κ3) is 3.74. The molecule has 1 heterocycles. The van der Waals surface area contributed by atoms with E-state index in [4.69, 9.17) is 10.5 Å². The maximum Gasteiger partial charge on any atom is 0.255 e. The molecule has 0 aliphatic heterocycles. The second kappa shape index (κ2) is 7.58. The molecule has 0 unspecified atom stereocenters. The van der Waals surface area contributed by atoms with Gasteiger partial charge in [0.15, 0.2) is 5.13 Å². The number of ether oxygens (including phenoxy) is 1. The van der Waals surface area contributed by atoms with Gasteiger partial charge in [0.2, 0.25) is 0 Å². The lowest BCUT2D eigenvalue weighted by Gasteiger charge is -2.08. The summed E-state index contributed by atoms with van der Waals surface area (Å²) in [4.78, 5) is 17.0. The lowest BCUT2D eigenvalue weighted by Crippen LogP contribution is -2.13. The summed E-state index contributed by atoms with van der Waals surface area (Å²) >= 11 is 1.54. The van der Waals surface area contributed by atoms with Crippen molar-refractivity contribution in [2.45, 2.75) is 0 Å². The van der Waals surface area contributed by atoms with Crippen LogP contribution in [-0.4, -0.2) is 18.0 Å². The van der Waals surface area contributed by atoms with Crippen LogP contribution >= 0.6 is 11.3 Å². The molecule has 4 aromatic rings. The Morgan fingerprint density at radius 1 is 1.07 bits per heavy atom. The van der Waals surface area contributed by atoms with Crippen LogP contribution in [0, 0.1) is 0 Å². The zero-order valence-electron chi connectivity index (χ0n) is 15.1. The van der Waals surface area contributed by atoms with Gasteiger partial charge in [0.05, 0.1) is 28.7 Å². The second-order valence-corrected chi connectivity index (χ2v) is 7.13. The largest absolute Gasteiger partial charge is 0.497 e. The minimum absolute atomic E-state index is 0.212. The van der Waals surface area contributed by atoms with Crippen molar-refractivity contribution in [1.29, 1.82) is 0 Å². The van der Waals surface area contributed by atoms with Gasteiger partial charge in [0.1, 0.15) is 5.75 Å². The summed E-state index contributed by atoms with van der Waals surface area (Å²) in [5.74, 6) is 0.591. The predicted octanol–water partition coefficient (Wildman–Crippen LogP) is 4.88. The molecule has 4 rings (SSSR count). The molecule has 4 N–H and O–H groups in total. The van der Waals surface area contributed by atoms with Gasteiger partial charge in [-0.1, -0.05) is 23.5 Å². The second-order valence-electron chi connectivity index (χ2n) is 6.10. The molecule has 0 saturated carbocycles. The Hall–Kier alpha value is -3.58. The standard InChI is InChI=1S/C21H18N4O2S/c1-27-15-10-11-18-19(12-15)28-21(25-18)23-14-8-6-13(7-9-14)20(26)24-17-5-3-2-4-16(17)22/h2-12H,22H2,1H3,(H,23,25)(H,24,26). The number of nitrogens with two attached hydrogens (primary N) is 1. The van der Waals surface area contributed by atoms with Crippen molar-refractivity contribution in [3.05, 3.63) is 72.3 Å². The van der Waals surface area contributed by atoms with E-state index >= 15 is 0 Å². The van der Waals surface area contributed by atoms with Gasteiger partial charge < -0.3 is 21.1 Å². The number of amides is 1. The number of rotatable bonds is 5. The Balaban J connectivity index is 1.47. The molecule has 0 radical (unpaired) electrons. The van der Waals surface area contributed by atoms with Gasteiger partial charge in [-0.15, -0.1) is 0 Å². The summed E-state index contributed by atoms with van der Waals surface area (Å²) in [5, 5.41) is 6.86. The number of carbonyl (C=O) groups is 1. The number of thiazole rings is 1. The SMILES string of the molecule is COc1ccc2nc(Nc3ccc(C(=O)Nc4ccccc4N)cc3)sc2c1. The molecular formula is C21H18N4O2S. The zero-order valence-corrected chi connectivity index (χ0v) is 15.9. The molecular weight excluding hydrogens is 372 g/mol. The van der Waals surface area contributed by atoms with Gasteiger partial charge >= 0.3 is 0 Å². The van der Waals surface area contributed by atoms with E-state index in [2.05, 4.69) is 15.6 Å². The minimum atomic E-state index is -0.212.